The molecule has 0 aliphatic carbocycles. The lowest BCUT2D eigenvalue weighted by atomic mass is 9.94. The number of nitrogens with one attached hydrogen (secondary N) is 3. The summed E-state index contributed by atoms with van der Waals surface area (Å²) in [4.78, 5) is 4.36. The van der Waals surface area contributed by atoms with Crippen LogP contribution in [0, 0.1) is 11.7 Å². The van der Waals surface area contributed by atoms with Crippen molar-refractivity contribution in [3.63, 3.8) is 0 Å². The van der Waals surface area contributed by atoms with Gasteiger partial charge in [0.15, 0.2) is 0 Å². The first-order valence-electron chi connectivity index (χ1n) is 12.4. The number of hydrogen-bond donors (Lipinski definition) is 3. The zero-order valence-corrected chi connectivity index (χ0v) is 21.3. The molecule has 2 aromatic rings. The molecule has 1 aromatic heterocycles. The quantitative estimate of drug-likeness (QED) is 0.312. The Balaban J connectivity index is 1.37. The zero-order chi connectivity index (χ0) is 24.7. The van der Waals surface area contributed by atoms with E-state index in [9.17, 15) is 4.39 Å². The Hall–Kier alpha value is -1.97. The van der Waals surface area contributed by atoms with Crippen LogP contribution < -0.4 is 16.0 Å². The summed E-state index contributed by atoms with van der Waals surface area (Å²) in [6.45, 7) is 6.04. The minimum absolute atomic E-state index is 0.324. The molecular formula is C26H36ClFN4O3. The fourth-order valence-electron chi connectivity index (χ4n) is 4.59. The Morgan fingerprint density at radius 1 is 1.23 bits per heavy atom. The maximum absolute atomic E-state index is 14.6. The number of piperidine rings is 1. The highest BCUT2D eigenvalue weighted by atomic mass is 35.5. The summed E-state index contributed by atoms with van der Waals surface area (Å²) in [7, 11) is 1.70. The second-order valence-corrected chi connectivity index (χ2v) is 9.95. The first kappa shape index (κ1) is 26.1. The van der Waals surface area contributed by atoms with Gasteiger partial charge in [-0.1, -0.05) is 17.7 Å². The maximum atomic E-state index is 14.6. The van der Waals surface area contributed by atoms with Crippen LogP contribution in [-0.4, -0.2) is 63.4 Å². The van der Waals surface area contributed by atoms with Gasteiger partial charge in [-0.2, -0.15) is 0 Å². The summed E-state index contributed by atoms with van der Waals surface area (Å²) in [5.74, 6) is 0.861. The number of hydrogen-bond acceptors (Lipinski definition) is 7. The summed E-state index contributed by atoms with van der Waals surface area (Å²) in [6, 6.07) is 7.40. The Kier molecular flexibility index (Phi) is 9.19. The van der Waals surface area contributed by atoms with E-state index in [-0.39, 0.29) is 11.4 Å². The molecule has 2 fully saturated rings. The highest BCUT2D eigenvalue weighted by Crippen LogP contribution is 2.33. The van der Waals surface area contributed by atoms with Crippen LogP contribution in [0.1, 0.15) is 32.6 Å². The fourth-order valence-corrected chi connectivity index (χ4v) is 4.80. The van der Waals surface area contributed by atoms with E-state index in [1.54, 1.807) is 25.4 Å². The molecule has 192 valence electrons. The first-order chi connectivity index (χ1) is 17.0. The van der Waals surface area contributed by atoms with Gasteiger partial charge in [0, 0.05) is 64.1 Å². The molecule has 35 heavy (non-hydrogen) atoms. The van der Waals surface area contributed by atoms with Crippen LogP contribution in [0.15, 0.2) is 30.5 Å². The van der Waals surface area contributed by atoms with Gasteiger partial charge in [0.05, 0.1) is 22.9 Å². The molecule has 0 saturated carbocycles. The number of aromatic nitrogens is 1. The summed E-state index contributed by atoms with van der Waals surface area (Å²) in [6.07, 6.45) is 5.49. The lowest BCUT2D eigenvalue weighted by molar-refractivity contribution is -0.0807. The molecule has 0 amide bonds. The zero-order valence-electron chi connectivity index (χ0n) is 20.5. The minimum atomic E-state index is -0.363. The molecule has 0 spiro atoms. The van der Waals surface area contributed by atoms with Crippen molar-refractivity contribution >= 4 is 23.1 Å². The van der Waals surface area contributed by atoms with Crippen molar-refractivity contribution in [1.29, 1.82) is 0 Å². The molecule has 0 bridgehead atoms. The highest BCUT2D eigenvalue weighted by molar-refractivity contribution is 6.33. The lowest BCUT2D eigenvalue weighted by Gasteiger charge is -2.36. The van der Waals surface area contributed by atoms with Crippen molar-refractivity contribution in [2.24, 2.45) is 5.92 Å². The van der Waals surface area contributed by atoms with Crippen LogP contribution >= 0.6 is 11.6 Å². The van der Waals surface area contributed by atoms with E-state index in [2.05, 4.69) is 27.9 Å². The molecular weight excluding hydrogens is 471 g/mol. The molecule has 2 aliphatic heterocycles. The van der Waals surface area contributed by atoms with E-state index in [4.69, 9.17) is 25.8 Å². The smallest absolute Gasteiger partial charge is 0.146 e. The number of halogens is 2. The summed E-state index contributed by atoms with van der Waals surface area (Å²) >= 11 is 6.46. The molecule has 3 heterocycles. The lowest BCUT2D eigenvalue weighted by Crippen LogP contribution is -2.44. The molecule has 3 N–H and O–H groups in total. The molecule has 2 aliphatic rings. The Labute approximate surface area is 212 Å². The van der Waals surface area contributed by atoms with Gasteiger partial charge in [0.2, 0.25) is 0 Å². The van der Waals surface area contributed by atoms with Gasteiger partial charge in [-0.25, -0.2) is 9.37 Å². The van der Waals surface area contributed by atoms with Crippen molar-refractivity contribution in [2.45, 2.75) is 44.2 Å². The predicted molar refractivity (Wildman–Crippen MR) is 138 cm³/mol. The Bertz CT molecular complexity index is 966. The molecule has 2 atom stereocenters. The summed E-state index contributed by atoms with van der Waals surface area (Å²) in [5, 5.41) is 10.4. The number of benzene rings is 1. The molecule has 2 saturated heterocycles. The van der Waals surface area contributed by atoms with Crippen molar-refractivity contribution in [2.75, 3.05) is 57.4 Å². The molecule has 9 heteroatoms. The Morgan fingerprint density at radius 3 is 2.80 bits per heavy atom. The third kappa shape index (κ3) is 7.05. The van der Waals surface area contributed by atoms with Crippen LogP contribution in [0.5, 0.6) is 0 Å². The van der Waals surface area contributed by atoms with Gasteiger partial charge in [-0.05, 0) is 49.4 Å². The van der Waals surface area contributed by atoms with E-state index in [1.807, 2.05) is 6.07 Å². The van der Waals surface area contributed by atoms with E-state index in [1.165, 1.54) is 18.9 Å². The first-order valence-corrected chi connectivity index (χ1v) is 12.7. The van der Waals surface area contributed by atoms with E-state index >= 15 is 0 Å². The molecule has 0 unspecified atom stereocenters. The SMILES string of the molecule is COC1(CNc2cc(-c3cc(NCOC[C@@H]4CC[C@@H](C)NC4)ncc3Cl)ccc2F)CCOCC1. The number of nitrogens with zero attached hydrogens (tertiary/aromatic N) is 1. The monoisotopic (exact) mass is 506 g/mol. The second kappa shape index (κ2) is 12.3. The third-order valence-electron chi connectivity index (χ3n) is 7.04. The van der Waals surface area contributed by atoms with Crippen molar-refractivity contribution in [1.82, 2.24) is 10.3 Å². The van der Waals surface area contributed by atoms with E-state index < -0.39 is 0 Å². The molecule has 0 radical (unpaired) electrons. The van der Waals surface area contributed by atoms with Crippen molar-refractivity contribution in [3.8, 4) is 11.1 Å². The number of ether oxygens (including phenoxy) is 3. The minimum Gasteiger partial charge on any atom is -0.381 e. The van der Waals surface area contributed by atoms with Gasteiger partial charge in [0.25, 0.3) is 0 Å². The van der Waals surface area contributed by atoms with Crippen molar-refractivity contribution < 1.29 is 18.6 Å². The van der Waals surface area contributed by atoms with E-state index in [0.717, 1.165) is 30.5 Å². The van der Waals surface area contributed by atoms with Crippen LogP contribution in [0.4, 0.5) is 15.9 Å². The second-order valence-electron chi connectivity index (χ2n) is 9.54. The normalized spacial score (nSPS) is 22.1. The predicted octanol–water partition coefficient (Wildman–Crippen LogP) is 4.92. The number of rotatable bonds is 10. The number of methoxy groups -OCH3 is 1. The fraction of sp³-hybridized carbons (Fsp3) is 0.577. The van der Waals surface area contributed by atoms with Crippen LogP contribution in [0.25, 0.3) is 11.1 Å². The molecule has 4 rings (SSSR count). The number of anilines is 2. The molecule has 7 nitrogen and oxygen atoms in total. The van der Waals surface area contributed by atoms with E-state index in [0.29, 0.717) is 61.6 Å². The van der Waals surface area contributed by atoms with Gasteiger partial charge in [-0.3, -0.25) is 0 Å². The largest absolute Gasteiger partial charge is 0.381 e. The standard InChI is InChI=1S/C26H36ClFN4O3/c1-18-3-4-19(13-29-18)15-35-17-32-25-12-21(22(27)14-30-25)20-5-6-23(28)24(11-20)31-16-26(33-2)7-9-34-10-8-26/h5-6,11-12,14,18-19,29,31H,3-4,7-10,13,15-17H2,1-2H3,(H,30,32)/t18-,19-/m1/s1. The average molecular weight is 507 g/mol. The van der Waals surface area contributed by atoms with Crippen molar-refractivity contribution in [3.05, 3.63) is 41.3 Å². The van der Waals surface area contributed by atoms with Gasteiger partial charge >= 0.3 is 0 Å². The van der Waals surface area contributed by atoms with Gasteiger partial charge in [0.1, 0.15) is 18.4 Å². The van der Waals surface area contributed by atoms with Gasteiger partial charge in [-0.15, -0.1) is 0 Å². The van der Waals surface area contributed by atoms with Gasteiger partial charge < -0.3 is 30.2 Å². The highest BCUT2D eigenvalue weighted by Gasteiger charge is 2.32. The maximum Gasteiger partial charge on any atom is 0.146 e. The van der Waals surface area contributed by atoms with Crippen LogP contribution in [-0.2, 0) is 14.2 Å². The van der Waals surface area contributed by atoms with Crippen LogP contribution in [0.3, 0.4) is 0 Å². The number of pyridine rings is 1. The summed E-state index contributed by atoms with van der Waals surface area (Å²) < 4.78 is 31.7. The Morgan fingerprint density at radius 2 is 2.06 bits per heavy atom. The summed E-state index contributed by atoms with van der Waals surface area (Å²) in [5.41, 5.74) is 1.61. The topological polar surface area (TPSA) is 76.7 Å². The third-order valence-corrected chi connectivity index (χ3v) is 7.34. The van der Waals surface area contributed by atoms with Crippen LogP contribution in [0.2, 0.25) is 5.02 Å². The molecule has 1 aromatic carbocycles. The average Bonchev–Trinajstić information content (AvgIpc) is 2.89.